The quantitative estimate of drug-likeness (QED) is 0.413. The first-order chi connectivity index (χ1) is 16.7. The molecule has 3 N–H and O–H groups in total. The average molecular weight is 505 g/mol. The normalized spacial score (nSPS) is 19.4. The molecule has 0 atom stereocenters. The molecule has 9 heteroatoms. The van der Waals surface area contributed by atoms with Gasteiger partial charge in [0.1, 0.15) is 0 Å². The number of likely N-dealkylation sites (N-methyl/N-ethyl adjacent to an activating group) is 1. The summed E-state index contributed by atoms with van der Waals surface area (Å²) < 4.78 is 38.6. The number of nitrogens with one attached hydrogen (secondary N) is 1. The maximum absolute atomic E-state index is 13.3. The lowest BCUT2D eigenvalue weighted by Crippen LogP contribution is -2.52. The SMILES string of the molecule is CCC(C)=C/C=C(\NC)C(=O)N1C/C(=C(/N)C(C)=O)C(=NCc2ccc(C(F)(F)F)cc2)C(C)(C)C1. The molecule has 1 aromatic rings. The van der Waals surface area contributed by atoms with Gasteiger partial charge in [0, 0.05) is 37.2 Å². The van der Waals surface area contributed by atoms with Gasteiger partial charge >= 0.3 is 6.18 Å². The Hall–Kier alpha value is -3.36. The standard InChI is InChI=1S/C27H35F3N4O2/c1-7-17(2)8-13-22(32-6)25(36)34-15-21(23(31)18(3)35)24(26(4,5)16-34)33-14-19-9-11-20(12-10-19)27(28,29)30/h8-13,32H,7,14-16,31H2,1-6H3/b17-8?,22-13-,23-21-,33-24?. The molecule has 0 bridgehead atoms. The Morgan fingerprint density at radius 2 is 1.78 bits per heavy atom. The number of amides is 1. The molecule has 0 radical (unpaired) electrons. The molecule has 0 aromatic heterocycles. The van der Waals surface area contributed by atoms with Crippen LogP contribution in [0.3, 0.4) is 0 Å². The summed E-state index contributed by atoms with van der Waals surface area (Å²) in [6, 6.07) is 4.80. The van der Waals surface area contributed by atoms with Gasteiger partial charge in [0.15, 0.2) is 5.78 Å². The molecule has 36 heavy (non-hydrogen) atoms. The van der Waals surface area contributed by atoms with Crippen LogP contribution in [-0.2, 0) is 22.3 Å². The summed E-state index contributed by atoms with van der Waals surface area (Å²) >= 11 is 0. The summed E-state index contributed by atoms with van der Waals surface area (Å²) in [4.78, 5) is 31.8. The molecular weight excluding hydrogens is 469 g/mol. The number of nitrogens with two attached hydrogens (primary N) is 1. The minimum Gasteiger partial charge on any atom is -0.396 e. The van der Waals surface area contributed by atoms with Crippen molar-refractivity contribution in [2.24, 2.45) is 16.1 Å². The number of halogens is 3. The highest BCUT2D eigenvalue weighted by Gasteiger charge is 2.39. The van der Waals surface area contributed by atoms with Gasteiger partial charge in [0.2, 0.25) is 0 Å². The fraction of sp³-hybridized carbons (Fsp3) is 0.444. The molecule has 196 valence electrons. The van der Waals surface area contributed by atoms with E-state index in [0.29, 0.717) is 29.1 Å². The van der Waals surface area contributed by atoms with Crippen LogP contribution in [0.2, 0.25) is 0 Å². The minimum atomic E-state index is -4.41. The predicted octanol–water partition coefficient (Wildman–Crippen LogP) is 4.78. The van der Waals surface area contributed by atoms with Gasteiger partial charge in [-0.2, -0.15) is 13.2 Å². The molecule has 6 nitrogen and oxygen atoms in total. The Morgan fingerprint density at radius 3 is 2.28 bits per heavy atom. The summed E-state index contributed by atoms with van der Waals surface area (Å²) in [5.74, 6) is -0.579. The lowest BCUT2D eigenvalue weighted by Gasteiger charge is -2.41. The molecular formula is C27H35F3N4O2. The summed E-state index contributed by atoms with van der Waals surface area (Å²) in [5.41, 5.74) is 7.93. The van der Waals surface area contributed by atoms with Crippen LogP contribution < -0.4 is 11.1 Å². The number of ketones is 1. The number of hydrogen-bond acceptors (Lipinski definition) is 5. The van der Waals surface area contributed by atoms with Gasteiger partial charge < -0.3 is 16.0 Å². The molecule has 1 saturated heterocycles. The Balaban J connectivity index is 2.43. The van der Waals surface area contributed by atoms with E-state index in [9.17, 15) is 22.8 Å². The number of nitrogens with zero attached hydrogens (tertiary/aromatic N) is 2. The van der Waals surface area contributed by atoms with Crippen LogP contribution in [-0.4, -0.2) is 42.4 Å². The highest BCUT2D eigenvalue weighted by molar-refractivity contribution is 6.12. The first kappa shape index (κ1) is 28.9. The highest BCUT2D eigenvalue weighted by Crippen LogP contribution is 2.33. The van der Waals surface area contributed by atoms with Gasteiger partial charge in [-0.3, -0.25) is 14.6 Å². The molecule has 1 amide bonds. The molecule has 0 saturated carbocycles. The maximum Gasteiger partial charge on any atom is 0.416 e. The van der Waals surface area contributed by atoms with Crippen molar-refractivity contribution in [1.29, 1.82) is 0 Å². The molecule has 0 unspecified atom stereocenters. The first-order valence-electron chi connectivity index (χ1n) is 11.8. The number of carbonyl (C=O) groups excluding carboxylic acids is 2. The number of Topliss-reactive ketones (excluding diaryl/α,β-unsaturated/α-hetero) is 1. The van der Waals surface area contributed by atoms with Crippen LogP contribution >= 0.6 is 0 Å². The average Bonchev–Trinajstić information content (AvgIpc) is 2.81. The zero-order valence-electron chi connectivity index (χ0n) is 21.7. The zero-order chi connectivity index (χ0) is 27.3. The van der Waals surface area contributed by atoms with Gasteiger partial charge in [0.05, 0.1) is 30.0 Å². The Labute approximate surface area is 210 Å². The third kappa shape index (κ3) is 7.08. The van der Waals surface area contributed by atoms with E-state index < -0.39 is 17.2 Å². The molecule has 1 heterocycles. The van der Waals surface area contributed by atoms with Crippen LogP contribution in [0, 0.1) is 5.41 Å². The number of allylic oxidation sites excluding steroid dienone is 4. The third-order valence-electron chi connectivity index (χ3n) is 6.15. The topological polar surface area (TPSA) is 87.8 Å². The van der Waals surface area contributed by atoms with Crippen molar-refractivity contribution in [2.45, 2.75) is 53.8 Å². The van der Waals surface area contributed by atoms with Crippen molar-refractivity contribution >= 4 is 17.4 Å². The highest BCUT2D eigenvalue weighted by atomic mass is 19.4. The number of benzene rings is 1. The van der Waals surface area contributed by atoms with Crippen molar-refractivity contribution in [2.75, 3.05) is 20.1 Å². The predicted molar refractivity (Wildman–Crippen MR) is 136 cm³/mol. The van der Waals surface area contributed by atoms with Crippen molar-refractivity contribution in [3.05, 3.63) is 70.1 Å². The lowest BCUT2D eigenvalue weighted by molar-refractivity contribution is -0.137. The summed E-state index contributed by atoms with van der Waals surface area (Å²) in [7, 11) is 1.67. The van der Waals surface area contributed by atoms with E-state index in [1.165, 1.54) is 19.1 Å². The second kappa shape index (κ2) is 11.6. The van der Waals surface area contributed by atoms with Gasteiger partial charge in [0.25, 0.3) is 5.91 Å². The molecule has 0 spiro atoms. The monoisotopic (exact) mass is 504 g/mol. The number of alkyl halides is 3. The van der Waals surface area contributed by atoms with E-state index in [-0.39, 0.29) is 30.5 Å². The number of aliphatic imine (C=N–C) groups is 1. The number of carbonyl (C=O) groups is 2. The van der Waals surface area contributed by atoms with Crippen LogP contribution in [0.25, 0.3) is 0 Å². The molecule has 1 aromatic carbocycles. The van der Waals surface area contributed by atoms with E-state index in [2.05, 4.69) is 10.3 Å². The Bertz CT molecular complexity index is 1110. The van der Waals surface area contributed by atoms with Gasteiger partial charge in [-0.1, -0.05) is 44.6 Å². The number of rotatable bonds is 7. The van der Waals surface area contributed by atoms with Crippen LogP contribution in [0.5, 0.6) is 0 Å². The van der Waals surface area contributed by atoms with E-state index in [1.54, 1.807) is 18.0 Å². The molecule has 1 aliphatic rings. The van der Waals surface area contributed by atoms with E-state index >= 15 is 0 Å². The summed E-state index contributed by atoms with van der Waals surface area (Å²) in [6.45, 7) is 9.68. The molecule has 1 fully saturated rings. The fourth-order valence-electron chi connectivity index (χ4n) is 3.91. The second-order valence-electron chi connectivity index (χ2n) is 9.55. The number of piperidine rings is 1. The third-order valence-corrected chi connectivity index (χ3v) is 6.15. The minimum absolute atomic E-state index is 0.0171. The molecule has 2 rings (SSSR count). The zero-order valence-corrected chi connectivity index (χ0v) is 21.7. The van der Waals surface area contributed by atoms with Crippen molar-refractivity contribution in [1.82, 2.24) is 10.2 Å². The Kier molecular flexibility index (Phi) is 9.29. The largest absolute Gasteiger partial charge is 0.416 e. The van der Waals surface area contributed by atoms with Crippen molar-refractivity contribution in [3.8, 4) is 0 Å². The Morgan fingerprint density at radius 1 is 1.17 bits per heavy atom. The summed E-state index contributed by atoms with van der Waals surface area (Å²) in [6.07, 6.45) is 0.0685. The van der Waals surface area contributed by atoms with Crippen molar-refractivity contribution in [3.63, 3.8) is 0 Å². The van der Waals surface area contributed by atoms with E-state index in [0.717, 1.165) is 24.1 Å². The van der Waals surface area contributed by atoms with E-state index in [4.69, 9.17) is 5.73 Å². The first-order valence-corrected chi connectivity index (χ1v) is 11.8. The van der Waals surface area contributed by atoms with Gasteiger partial charge in [-0.05, 0) is 37.1 Å². The smallest absolute Gasteiger partial charge is 0.396 e. The molecule has 1 aliphatic heterocycles. The van der Waals surface area contributed by atoms with Gasteiger partial charge in [-0.25, -0.2) is 0 Å². The number of likely N-dealkylation sites (tertiary alicyclic amines) is 1. The van der Waals surface area contributed by atoms with Crippen LogP contribution in [0.1, 0.15) is 52.2 Å². The number of hydrogen-bond donors (Lipinski definition) is 2. The fourth-order valence-corrected chi connectivity index (χ4v) is 3.91. The lowest BCUT2D eigenvalue weighted by atomic mass is 9.78. The van der Waals surface area contributed by atoms with Crippen LogP contribution in [0.15, 0.2) is 64.0 Å². The second-order valence-corrected chi connectivity index (χ2v) is 9.55. The van der Waals surface area contributed by atoms with Crippen molar-refractivity contribution < 1.29 is 22.8 Å². The molecule has 0 aliphatic carbocycles. The van der Waals surface area contributed by atoms with Gasteiger partial charge in [-0.15, -0.1) is 0 Å². The van der Waals surface area contributed by atoms with Crippen LogP contribution in [0.4, 0.5) is 13.2 Å². The van der Waals surface area contributed by atoms with E-state index in [1.807, 2.05) is 33.8 Å². The summed E-state index contributed by atoms with van der Waals surface area (Å²) in [5, 5.41) is 2.95. The maximum atomic E-state index is 13.3.